The van der Waals surface area contributed by atoms with Gasteiger partial charge in [0.25, 0.3) is 0 Å². The molecule has 0 aromatic carbocycles. The smallest absolute Gasteiger partial charge is 0.411 e. The third-order valence-corrected chi connectivity index (χ3v) is 5.64. The van der Waals surface area contributed by atoms with E-state index in [2.05, 4.69) is 10.3 Å². The topological polar surface area (TPSA) is 109 Å². The highest BCUT2D eigenvalue weighted by Gasteiger charge is 2.53. The highest BCUT2D eigenvalue weighted by Crippen LogP contribution is 2.42. The SMILES string of the molecule is CC(=O)N[C@@H](CC(C)C)[C@H]1[C@H](c2nccs2)C[C@H](C(=O)O)N1C(=O)OC(C)(C)C.Cl.Cl. The summed E-state index contributed by atoms with van der Waals surface area (Å²) in [5, 5.41) is 15.4. The van der Waals surface area contributed by atoms with Crippen LogP contribution in [0.3, 0.4) is 0 Å². The molecule has 1 aromatic rings. The minimum atomic E-state index is -1.09. The fourth-order valence-electron chi connectivity index (χ4n) is 3.87. The van der Waals surface area contributed by atoms with Crippen LogP contribution >= 0.6 is 36.2 Å². The van der Waals surface area contributed by atoms with Crippen molar-refractivity contribution in [3.05, 3.63) is 16.6 Å². The Balaban J connectivity index is 0.00000450. The van der Waals surface area contributed by atoms with Crippen molar-refractivity contribution in [1.29, 1.82) is 0 Å². The van der Waals surface area contributed by atoms with E-state index >= 15 is 0 Å². The Kier molecular flexibility index (Phi) is 11.3. The molecule has 2 rings (SSSR count). The molecule has 2 N–H and O–H groups in total. The molecule has 8 nitrogen and oxygen atoms in total. The minimum absolute atomic E-state index is 0. The van der Waals surface area contributed by atoms with Crippen LogP contribution in [0.1, 0.15) is 65.3 Å². The number of likely N-dealkylation sites (tertiary alicyclic amines) is 1. The number of nitrogens with zero attached hydrogens (tertiary/aromatic N) is 2. The number of aromatic nitrogens is 1. The average Bonchev–Trinajstić information content (AvgIpc) is 3.18. The summed E-state index contributed by atoms with van der Waals surface area (Å²) in [5.74, 6) is -1.39. The number of carbonyl (C=O) groups excluding carboxylic acids is 2. The molecule has 0 aliphatic carbocycles. The average molecular weight is 498 g/mol. The molecule has 178 valence electrons. The van der Waals surface area contributed by atoms with Crippen LogP contribution in [0.5, 0.6) is 0 Å². The third kappa shape index (κ3) is 7.80. The van der Waals surface area contributed by atoms with Crippen LogP contribution in [0.25, 0.3) is 0 Å². The molecule has 0 unspecified atom stereocenters. The first-order valence-electron chi connectivity index (χ1n) is 9.81. The van der Waals surface area contributed by atoms with Crippen molar-refractivity contribution in [2.24, 2.45) is 5.92 Å². The zero-order chi connectivity index (χ0) is 21.9. The maximum atomic E-state index is 13.1. The van der Waals surface area contributed by atoms with Gasteiger partial charge in [-0.1, -0.05) is 13.8 Å². The molecule has 1 aliphatic heterocycles. The van der Waals surface area contributed by atoms with Crippen LogP contribution in [0.4, 0.5) is 4.79 Å². The van der Waals surface area contributed by atoms with Gasteiger partial charge in [-0.2, -0.15) is 0 Å². The number of halogens is 2. The highest BCUT2D eigenvalue weighted by molar-refractivity contribution is 7.09. The third-order valence-electron chi connectivity index (χ3n) is 4.73. The Hall–Kier alpha value is -1.58. The summed E-state index contributed by atoms with van der Waals surface area (Å²) in [7, 11) is 0. The molecule has 1 saturated heterocycles. The van der Waals surface area contributed by atoms with E-state index in [0.29, 0.717) is 6.42 Å². The van der Waals surface area contributed by atoms with Gasteiger partial charge in [-0.25, -0.2) is 14.6 Å². The number of ether oxygens (including phenoxy) is 1. The molecule has 0 saturated carbocycles. The van der Waals surface area contributed by atoms with Crippen LogP contribution in [-0.4, -0.2) is 56.7 Å². The van der Waals surface area contributed by atoms with Crippen LogP contribution in [0.15, 0.2) is 11.6 Å². The quantitative estimate of drug-likeness (QED) is 0.612. The number of thiazole rings is 1. The lowest BCUT2D eigenvalue weighted by molar-refractivity contribution is -0.142. The summed E-state index contributed by atoms with van der Waals surface area (Å²) in [6, 6.07) is -2.03. The van der Waals surface area contributed by atoms with Crippen molar-refractivity contribution >= 4 is 54.1 Å². The van der Waals surface area contributed by atoms with Crippen molar-refractivity contribution in [3.8, 4) is 0 Å². The fourth-order valence-corrected chi connectivity index (χ4v) is 4.66. The zero-order valence-electron chi connectivity index (χ0n) is 18.7. The van der Waals surface area contributed by atoms with E-state index in [1.54, 1.807) is 27.0 Å². The number of carboxylic acid groups (broad SMARTS) is 1. The highest BCUT2D eigenvalue weighted by atomic mass is 35.5. The lowest BCUT2D eigenvalue weighted by Crippen LogP contribution is -2.56. The Morgan fingerprint density at radius 2 is 1.94 bits per heavy atom. The normalized spacial score (nSPS) is 21.6. The summed E-state index contributed by atoms with van der Waals surface area (Å²) >= 11 is 1.42. The Morgan fingerprint density at radius 1 is 1.32 bits per heavy atom. The summed E-state index contributed by atoms with van der Waals surface area (Å²) in [6.07, 6.45) is 1.80. The van der Waals surface area contributed by atoms with Crippen molar-refractivity contribution in [2.75, 3.05) is 0 Å². The van der Waals surface area contributed by atoms with Crippen molar-refractivity contribution in [1.82, 2.24) is 15.2 Å². The summed E-state index contributed by atoms with van der Waals surface area (Å²) in [6.45, 7) is 10.7. The molecule has 2 heterocycles. The second-order valence-corrected chi connectivity index (χ2v) is 9.81. The summed E-state index contributed by atoms with van der Waals surface area (Å²) < 4.78 is 5.55. The van der Waals surface area contributed by atoms with E-state index in [9.17, 15) is 19.5 Å². The van der Waals surface area contributed by atoms with Gasteiger partial charge in [0.15, 0.2) is 0 Å². The molecule has 2 amide bonds. The lowest BCUT2D eigenvalue weighted by atomic mass is 9.88. The van der Waals surface area contributed by atoms with Gasteiger partial charge in [-0.05, 0) is 39.5 Å². The van der Waals surface area contributed by atoms with Gasteiger partial charge in [-0.3, -0.25) is 9.69 Å². The molecule has 1 aliphatic rings. The van der Waals surface area contributed by atoms with Gasteiger partial charge >= 0.3 is 12.1 Å². The van der Waals surface area contributed by atoms with Gasteiger partial charge in [0.2, 0.25) is 5.91 Å². The van der Waals surface area contributed by atoms with Crippen LogP contribution in [-0.2, 0) is 14.3 Å². The molecule has 1 fully saturated rings. The van der Waals surface area contributed by atoms with Crippen molar-refractivity contribution < 1.29 is 24.2 Å². The van der Waals surface area contributed by atoms with Gasteiger partial charge in [0.05, 0.1) is 17.1 Å². The van der Waals surface area contributed by atoms with Crippen LogP contribution in [0, 0.1) is 5.92 Å². The van der Waals surface area contributed by atoms with Crippen molar-refractivity contribution in [2.45, 2.75) is 84.0 Å². The van der Waals surface area contributed by atoms with Gasteiger partial charge in [-0.15, -0.1) is 36.2 Å². The molecule has 4 atom stereocenters. The van der Waals surface area contributed by atoms with Gasteiger partial charge < -0.3 is 15.2 Å². The largest absolute Gasteiger partial charge is 0.480 e. The van der Waals surface area contributed by atoms with E-state index in [0.717, 1.165) is 5.01 Å². The zero-order valence-corrected chi connectivity index (χ0v) is 21.1. The number of carbonyl (C=O) groups is 3. The molecule has 1 aromatic heterocycles. The Bertz CT molecular complexity index is 740. The second kappa shape index (κ2) is 11.9. The predicted molar refractivity (Wildman–Crippen MR) is 124 cm³/mol. The standard InChI is InChI=1S/C20H31N3O5S.2ClH/c1-11(2)9-14(22-12(3)24)16-13(17-21-7-8-29-17)10-15(18(25)26)23(16)19(27)28-20(4,5)6;;/h7-8,11,13-16H,9-10H2,1-6H3,(H,22,24)(H,25,26);2*1H/t13-,14+,15-,16-;;/m1../s1. The van der Waals surface area contributed by atoms with E-state index in [1.807, 2.05) is 19.2 Å². The maximum absolute atomic E-state index is 13.1. The predicted octanol–water partition coefficient (Wildman–Crippen LogP) is 4.08. The van der Waals surface area contributed by atoms with Gasteiger partial charge in [0.1, 0.15) is 11.6 Å². The van der Waals surface area contributed by atoms with E-state index in [-0.39, 0.29) is 49.0 Å². The number of rotatable bonds is 6. The lowest BCUT2D eigenvalue weighted by Gasteiger charge is -2.37. The summed E-state index contributed by atoms with van der Waals surface area (Å²) in [4.78, 5) is 42.8. The number of carboxylic acids is 1. The molecule has 0 bridgehead atoms. The minimum Gasteiger partial charge on any atom is -0.480 e. The molecule has 0 radical (unpaired) electrons. The van der Waals surface area contributed by atoms with Gasteiger partial charge in [0, 0.05) is 24.4 Å². The molecular formula is C20H33Cl2N3O5S. The van der Waals surface area contributed by atoms with Crippen LogP contribution < -0.4 is 5.32 Å². The van der Waals surface area contributed by atoms with Crippen LogP contribution in [0.2, 0.25) is 0 Å². The molecule has 31 heavy (non-hydrogen) atoms. The Labute approximate surface area is 199 Å². The molecular weight excluding hydrogens is 465 g/mol. The Morgan fingerprint density at radius 3 is 2.35 bits per heavy atom. The second-order valence-electron chi connectivity index (χ2n) is 8.88. The maximum Gasteiger partial charge on any atom is 0.411 e. The number of aliphatic carboxylic acids is 1. The first kappa shape index (κ1) is 29.4. The first-order chi connectivity index (χ1) is 13.4. The molecule has 11 heteroatoms. The number of hydrogen-bond acceptors (Lipinski definition) is 6. The number of nitrogens with one attached hydrogen (secondary N) is 1. The van der Waals surface area contributed by atoms with E-state index in [4.69, 9.17) is 4.74 Å². The monoisotopic (exact) mass is 497 g/mol. The number of hydrogen-bond donors (Lipinski definition) is 2. The first-order valence-corrected chi connectivity index (χ1v) is 10.7. The molecule has 0 spiro atoms. The van der Waals surface area contributed by atoms with E-state index < -0.39 is 35.8 Å². The van der Waals surface area contributed by atoms with Crippen molar-refractivity contribution in [3.63, 3.8) is 0 Å². The summed E-state index contributed by atoms with van der Waals surface area (Å²) in [5.41, 5.74) is -0.772. The van der Waals surface area contributed by atoms with E-state index in [1.165, 1.54) is 23.2 Å². The fraction of sp³-hybridized carbons (Fsp3) is 0.700. The number of amides is 2.